The molecule has 3 rings (SSSR count). The van der Waals surface area contributed by atoms with Crippen molar-refractivity contribution in [2.24, 2.45) is 0 Å². The molecule has 0 aliphatic rings. The number of amides is 2. The van der Waals surface area contributed by atoms with Crippen LogP contribution >= 0.6 is 0 Å². The molecule has 0 aliphatic carbocycles. The number of aryl methyl sites for hydroxylation is 1. The summed E-state index contributed by atoms with van der Waals surface area (Å²) in [5.41, 5.74) is 3.41. The smallest absolute Gasteiger partial charge is 0.275 e. The summed E-state index contributed by atoms with van der Waals surface area (Å²) < 4.78 is 0. The van der Waals surface area contributed by atoms with Gasteiger partial charge in [0.25, 0.3) is 5.91 Å². The first-order valence-electron chi connectivity index (χ1n) is 9.11. The molecule has 1 heterocycles. The van der Waals surface area contributed by atoms with Crippen LogP contribution in [-0.4, -0.2) is 28.3 Å². The van der Waals surface area contributed by atoms with Crippen molar-refractivity contribution in [1.82, 2.24) is 9.97 Å². The number of hydrogen-bond acceptors (Lipinski definition) is 4. The lowest BCUT2D eigenvalue weighted by Gasteiger charge is -2.21. The maximum atomic E-state index is 12.7. The predicted molar refractivity (Wildman–Crippen MR) is 109 cm³/mol. The number of para-hydroxylation sites is 1. The van der Waals surface area contributed by atoms with Gasteiger partial charge in [-0.2, -0.15) is 0 Å². The summed E-state index contributed by atoms with van der Waals surface area (Å²) in [4.78, 5) is 34.8. The van der Waals surface area contributed by atoms with Crippen LogP contribution in [0.4, 0.5) is 11.4 Å². The highest BCUT2D eigenvalue weighted by Crippen LogP contribution is 2.16. The molecular weight excluding hydrogens is 352 g/mol. The van der Waals surface area contributed by atoms with Crippen molar-refractivity contribution >= 4 is 23.2 Å². The second kappa shape index (κ2) is 8.90. The number of carbonyl (C=O) groups is 2. The zero-order valence-electron chi connectivity index (χ0n) is 15.9. The van der Waals surface area contributed by atoms with Gasteiger partial charge in [0.2, 0.25) is 5.91 Å². The van der Waals surface area contributed by atoms with Gasteiger partial charge in [0.15, 0.2) is 0 Å². The van der Waals surface area contributed by atoms with Crippen LogP contribution in [0.2, 0.25) is 0 Å². The summed E-state index contributed by atoms with van der Waals surface area (Å²) in [5.74, 6) is -0.294. The van der Waals surface area contributed by atoms with Crippen molar-refractivity contribution in [3.05, 3.63) is 83.9 Å². The predicted octanol–water partition coefficient (Wildman–Crippen LogP) is 3.63. The highest BCUT2D eigenvalue weighted by Gasteiger charge is 2.14. The van der Waals surface area contributed by atoms with Gasteiger partial charge >= 0.3 is 0 Å². The first-order valence-corrected chi connectivity index (χ1v) is 9.11. The van der Waals surface area contributed by atoms with Crippen molar-refractivity contribution in [1.29, 1.82) is 0 Å². The van der Waals surface area contributed by atoms with Gasteiger partial charge in [0.05, 0.1) is 18.3 Å². The summed E-state index contributed by atoms with van der Waals surface area (Å²) >= 11 is 0. The Morgan fingerprint density at radius 1 is 0.964 bits per heavy atom. The molecule has 1 N–H and O–H groups in total. The molecule has 0 spiro atoms. The van der Waals surface area contributed by atoms with E-state index in [4.69, 9.17) is 0 Å². The Labute approximate surface area is 164 Å². The molecule has 0 fully saturated rings. The monoisotopic (exact) mass is 374 g/mol. The summed E-state index contributed by atoms with van der Waals surface area (Å²) in [6.07, 6.45) is 3.29. The maximum Gasteiger partial charge on any atom is 0.275 e. The topological polar surface area (TPSA) is 75.2 Å². The van der Waals surface area contributed by atoms with E-state index in [0.717, 1.165) is 16.9 Å². The quantitative estimate of drug-likeness (QED) is 0.715. The van der Waals surface area contributed by atoms with Crippen LogP contribution < -0.4 is 10.2 Å². The first-order chi connectivity index (χ1) is 13.6. The Bertz CT molecular complexity index is 939. The zero-order valence-corrected chi connectivity index (χ0v) is 15.9. The van der Waals surface area contributed by atoms with Crippen molar-refractivity contribution in [2.75, 3.05) is 16.8 Å². The average molecular weight is 374 g/mol. The molecule has 0 aliphatic heterocycles. The number of hydrogen-bond donors (Lipinski definition) is 1. The molecule has 6 heteroatoms. The van der Waals surface area contributed by atoms with Crippen molar-refractivity contribution in [3.63, 3.8) is 0 Å². The molecule has 28 heavy (non-hydrogen) atoms. The van der Waals surface area contributed by atoms with Gasteiger partial charge in [0, 0.05) is 24.1 Å². The fraction of sp³-hybridized carbons (Fsp3) is 0.182. The van der Waals surface area contributed by atoms with Crippen LogP contribution in [0.1, 0.15) is 28.7 Å². The van der Waals surface area contributed by atoms with Crippen molar-refractivity contribution in [3.8, 4) is 0 Å². The molecule has 0 saturated carbocycles. The third-order valence-electron chi connectivity index (χ3n) is 4.27. The van der Waals surface area contributed by atoms with Crippen molar-refractivity contribution < 1.29 is 9.59 Å². The Morgan fingerprint density at radius 2 is 1.68 bits per heavy atom. The number of aromatic nitrogens is 2. The summed E-state index contributed by atoms with van der Waals surface area (Å²) in [6.45, 7) is 4.37. The van der Waals surface area contributed by atoms with Crippen LogP contribution in [-0.2, 0) is 11.2 Å². The fourth-order valence-electron chi connectivity index (χ4n) is 2.79. The molecular formula is C22H22N4O2. The van der Waals surface area contributed by atoms with E-state index in [-0.39, 0.29) is 17.5 Å². The number of nitrogens with zero attached hydrogens (tertiary/aromatic N) is 3. The molecule has 0 bridgehead atoms. The lowest BCUT2D eigenvalue weighted by molar-refractivity contribution is -0.117. The molecule has 2 amide bonds. The lowest BCUT2D eigenvalue weighted by Crippen LogP contribution is -2.31. The summed E-state index contributed by atoms with van der Waals surface area (Å²) in [5, 5.41) is 2.78. The number of benzene rings is 2. The molecule has 6 nitrogen and oxygen atoms in total. The zero-order chi connectivity index (χ0) is 19.9. The second-order valence-electron chi connectivity index (χ2n) is 6.34. The number of rotatable bonds is 6. The molecule has 3 aromatic rings. The number of carbonyl (C=O) groups excluding carboxylic acids is 2. The van der Waals surface area contributed by atoms with Gasteiger partial charge in [-0.3, -0.25) is 14.6 Å². The van der Waals surface area contributed by atoms with E-state index in [1.807, 2.05) is 56.3 Å². The van der Waals surface area contributed by atoms with Gasteiger partial charge in [-0.05, 0) is 43.7 Å². The molecule has 0 saturated heterocycles. The molecule has 2 aromatic carbocycles. The summed E-state index contributed by atoms with van der Waals surface area (Å²) in [7, 11) is 0. The van der Waals surface area contributed by atoms with Crippen molar-refractivity contribution in [2.45, 2.75) is 20.3 Å². The minimum Gasteiger partial charge on any atom is -0.321 e. The van der Waals surface area contributed by atoms with E-state index in [9.17, 15) is 9.59 Å². The minimum atomic E-state index is -0.322. The first kappa shape index (κ1) is 19.2. The van der Waals surface area contributed by atoms with E-state index in [1.165, 1.54) is 6.20 Å². The van der Waals surface area contributed by atoms with Gasteiger partial charge < -0.3 is 10.2 Å². The third kappa shape index (κ3) is 4.79. The van der Waals surface area contributed by atoms with E-state index >= 15 is 0 Å². The van der Waals surface area contributed by atoms with Crippen LogP contribution in [0, 0.1) is 6.92 Å². The Hall–Kier alpha value is -3.54. The minimum absolute atomic E-state index is 0.0282. The van der Waals surface area contributed by atoms with E-state index in [2.05, 4.69) is 15.3 Å². The highest BCUT2D eigenvalue weighted by molar-refractivity contribution is 6.02. The molecule has 142 valence electrons. The van der Waals surface area contributed by atoms with Gasteiger partial charge in [-0.15, -0.1) is 0 Å². The number of nitrogens with one attached hydrogen (secondary N) is 1. The normalized spacial score (nSPS) is 10.4. The SMILES string of the molecule is CCN(C(=O)Cc1ccc(NC(=O)c2cnc(C)cn2)cc1)c1ccccc1. The van der Waals surface area contributed by atoms with Crippen LogP contribution in [0.5, 0.6) is 0 Å². The van der Waals surface area contributed by atoms with Crippen LogP contribution in [0.25, 0.3) is 0 Å². The van der Waals surface area contributed by atoms with Gasteiger partial charge in [0.1, 0.15) is 5.69 Å². The number of anilines is 2. The Morgan fingerprint density at radius 3 is 2.29 bits per heavy atom. The maximum absolute atomic E-state index is 12.7. The number of likely N-dealkylation sites (N-methyl/N-ethyl adjacent to an activating group) is 1. The van der Waals surface area contributed by atoms with E-state index in [0.29, 0.717) is 18.7 Å². The van der Waals surface area contributed by atoms with Gasteiger partial charge in [-0.25, -0.2) is 4.98 Å². The van der Waals surface area contributed by atoms with E-state index < -0.39 is 0 Å². The highest BCUT2D eigenvalue weighted by atomic mass is 16.2. The molecule has 0 atom stereocenters. The third-order valence-corrected chi connectivity index (χ3v) is 4.27. The van der Waals surface area contributed by atoms with E-state index in [1.54, 1.807) is 23.2 Å². The average Bonchev–Trinajstić information content (AvgIpc) is 2.71. The lowest BCUT2D eigenvalue weighted by atomic mass is 10.1. The summed E-state index contributed by atoms with van der Waals surface area (Å²) in [6, 6.07) is 16.9. The standard InChI is InChI=1S/C22H22N4O2/c1-3-26(19-7-5-4-6-8-19)21(27)13-17-9-11-18(12-10-17)25-22(28)20-15-23-16(2)14-24-20/h4-12,14-15H,3,13H2,1-2H3,(H,25,28). The van der Waals surface area contributed by atoms with Crippen LogP contribution in [0.15, 0.2) is 67.0 Å². The molecule has 0 unspecified atom stereocenters. The van der Waals surface area contributed by atoms with Crippen LogP contribution in [0.3, 0.4) is 0 Å². The Kier molecular flexibility index (Phi) is 6.11. The largest absolute Gasteiger partial charge is 0.321 e. The van der Waals surface area contributed by atoms with Gasteiger partial charge in [-0.1, -0.05) is 30.3 Å². The molecule has 1 aromatic heterocycles. The second-order valence-corrected chi connectivity index (χ2v) is 6.34. The molecule has 0 radical (unpaired) electrons. The fourth-order valence-corrected chi connectivity index (χ4v) is 2.79. The Balaban J connectivity index is 1.63.